The van der Waals surface area contributed by atoms with E-state index in [1.165, 1.54) is 24.3 Å². The van der Waals surface area contributed by atoms with Gasteiger partial charge in [0.25, 0.3) is 0 Å². The van der Waals surface area contributed by atoms with Gasteiger partial charge in [0.05, 0.1) is 27.8 Å². The Balaban J connectivity index is 1.28. The first-order valence-corrected chi connectivity index (χ1v) is 14.0. The molecule has 42 heavy (non-hydrogen) atoms. The van der Waals surface area contributed by atoms with E-state index in [2.05, 4.69) is 6.07 Å². The summed E-state index contributed by atoms with van der Waals surface area (Å²) in [5, 5.41) is 9.36. The minimum Gasteiger partial charge on any atom is -0.454 e. The van der Waals surface area contributed by atoms with E-state index in [0.717, 1.165) is 33.4 Å². The van der Waals surface area contributed by atoms with Gasteiger partial charge in [-0.3, -0.25) is 14.4 Å². The maximum absolute atomic E-state index is 13.4. The molecular weight excluding hydrogens is 550 g/mol. The summed E-state index contributed by atoms with van der Waals surface area (Å²) in [6.07, 6.45) is -0.0603. The lowest BCUT2D eigenvalue weighted by atomic mass is 10.0. The van der Waals surface area contributed by atoms with Gasteiger partial charge in [-0.15, -0.1) is 0 Å². The average Bonchev–Trinajstić information content (AvgIpc) is 3.29. The molecule has 0 spiro atoms. The number of carbonyl (C=O) groups excluding carboxylic acids is 4. The van der Waals surface area contributed by atoms with Gasteiger partial charge in [-0.2, -0.15) is 5.26 Å². The highest BCUT2D eigenvalue weighted by atomic mass is 32.2. The summed E-state index contributed by atoms with van der Waals surface area (Å²) >= 11 is 1.10. The predicted molar refractivity (Wildman–Crippen MR) is 158 cm³/mol. The van der Waals surface area contributed by atoms with Crippen LogP contribution in [0.1, 0.15) is 43.8 Å². The molecule has 9 heteroatoms. The Bertz CT molecular complexity index is 1730. The largest absolute Gasteiger partial charge is 0.454 e. The number of imide groups is 1. The van der Waals surface area contributed by atoms with Crippen LogP contribution in [0.5, 0.6) is 0 Å². The minimum atomic E-state index is -0.765. The number of pyridine rings is 1. The normalized spacial score (nSPS) is 14.5. The molecule has 1 aromatic heterocycles. The van der Waals surface area contributed by atoms with Gasteiger partial charge in [-0.1, -0.05) is 71.9 Å². The fourth-order valence-corrected chi connectivity index (χ4v) is 5.62. The molecule has 1 saturated heterocycles. The number of nitriles is 1. The molecule has 0 N–H and O–H groups in total. The number of thioether (sulfide) groups is 1. The summed E-state index contributed by atoms with van der Waals surface area (Å²) in [4.78, 5) is 56.8. The van der Waals surface area contributed by atoms with Crippen molar-refractivity contribution in [2.45, 2.75) is 30.5 Å². The van der Waals surface area contributed by atoms with Gasteiger partial charge in [-0.05, 0) is 49.7 Å². The molecule has 208 valence electrons. The van der Waals surface area contributed by atoms with Gasteiger partial charge < -0.3 is 4.74 Å². The van der Waals surface area contributed by atoms with Crippen LogP contribution in [0, 0.1) is 25.2 Å². The van der Waals surface area contributed by atoms with Gasteiger partial charge in [0.15, 0.2) is 12.4 Å². The fourth-order valence-electron chi connectivity index (χ4n) is 4.54. The number of anilines is 1. The van der Waals surface area contributed by atoms with E-state index in [4.69, 9.17) is 9.72 Å². The van der Waals surface area contributed by atoms with Crippen LogP contribution in [0.4, 0.5) is 5.69 Å². The van der Waals surface area contributed by atoms with Crippen molar-refractivity contribution in [2.75, 3.05) is 11.5 Å². The Hall–Kier alpha value is -5.07. The first-order chi connectivity index (χ1) is 20.2. The number of Topliss-reactive ketones (excluding diaryl/α,β-unsaturated/α-hetero) is 1. The third-order valence-corrected chi connectivity index (χ3v) is 7.96. The van der Waals surface area contributed by atoms with E-state index in [0.29, 0.717) is 27.5 Å². The zero-order valence-electron chi connectivity index (χ0n) is 22.9. The van der Waals surface area contributed by atoms with Crippen LogP contribution in [0.2, 0.25) is 0 Å². The average molecular weight is 576 g/mol. The zero-order valence-corrected chi connectivity index (χ0v) is 23.7. The Morgan fingerprint density at radius 3 is 2.33 bits per heavy atom. The van der Waals surface area contributed by atoms with Crippen LogP contribution in [-0.4, -0.2) is 40.4 Å². The van der Waals surface area contributed by atoms with E-state index < -0.39 is 29.6 Å². The molecule has 0 aliphatic carbocycles. The number of esters is 1. The van der Waals surface area contributed by atoms with Gasteiger partial charge in [-0.25, -0.2) is 14.7 Å². The van der Waals surface area contributed by atoms with Crippen LogP contribution >= 0.6 is 11.8 Å². The van der Waals surface area contributed by atoms with Crippen LogP contribution in [0.3, 0.4) is 0 Å². The highest BCUT2D eigenvalue weighted by molar-refractivity contribution is 8.00. The highest BCUT2D eigenvalue weighted by Gasteiger charge is 2.41. The van der Waals surface area contributed by atoms with Crippen molar-refractivity contribution in [2.24, 2.45) is 0 Å². The molecule has 1 aliphatic heterocycles. The monoisotopic (exact) mass is 575 g/mol. The summed E-state index contributed by atoms with van der Waals surface area (Å²) in [6.45, 7) is 3.47. The number of ether oxygens (including phenoxy) is 1. The number of benzene rings is 3. The lowest BCUT2D eigenvalue weighted by Gasteiger charge is -2.16. The summed E-state index contributed by atoms with van der Waals surface area (Å²) in [5.41, 5.74) is 4.80. The van der Waals surface area contributed by atoms with E-state index in [1.807, 2.05) is 38.1 Å². The van der Waals surface area contributed by atoms with Crippen LogP contribution in [0.25, 0.3) is 11.3 Å². The quantitative estimate of drug-likeness (QED) is 0.149. The number of rotatable bonds is 8. The number of carbonyl (C=O) groups is 4. The zero-order chi connectivity index (χ0) is 29.8. The van der Waals surface area contributed by atoms with Crippen molar-refractivity contribution >= 4 is 41.0 Å². The van der Waals surface area contributed by atoms with Crippen LogP contribution in [0.15, 0.2) is 90.0 Å². The fraction of sp³-hybridized carbons (Fsp3) is 0.152. The number of amides is 2. The smallest absolute Gasteiger partial charge is 0.338 e. The van der Waals surface area contributed by atoms with E-state index >= 15 is 0 Å². The SMILES string of the molecule is Cc1ccc(-c2nc(SC3CC(=O)N(c4ccc(C(=O)OCC(=O)c5ccccc5)cc4)C3=O)c(C#N)cc2C)cc1. The molecule has 0 saturated carbocycles. The Morgan fingerprint density at radius 2 is 1.67 bits per heavy atom. The Kier molecular flexibility index (Phi) is 8.27. The standard InChI is InChI=1S/C33H25N3O5S/c1-20-8-10-23(11-9-20)30-21(2)16-25(18-34)31(35-30)42-28-17-29(38)36(32(28)39)26-14-12-24(13-15-26)33(40)41-19-27(37)22-6-4-3-5-7-22/h3-16,28H,17,19H2,1-2H3. The first-order valence-electron chi connectivity index (χ1n) is 13.1. The maximum atomic E-state index is 13.4. The van der Waals surface area contributed by atoms with Crippen LogP contribution in [-0.2, 0) is 14.3 Å². The summed E-state index contributed by atoms with van der Waals surface area (Å²) < 4.78 is 5.14. The summed E-state index contributed by atoms with van der Waals surface area (Å²) in [6, 6.07) is 26.1. The molecule has 4 aromatic rings. The van der Waals surface area contributed by atoms with E-state index in [1.54, 1.807) is 36.4 Å². The number of nitrogens with zero attached hydrogens (tertiary/aromatic N) is 3. The molecule has 1 unspecified atom stereocenters. The van der Waals surface area contributed by atoms with Gasteiger partial charge in [0, 0.05) is 17.5 Å². The van der Waals surface area contributed by atoms with Crippen molar-refractivity contribution in [1.29, 1.82) is 5.26 Å². The Labute approximate surface area is 247 Å². The van der Waals surface area contributed by atoms with Crippen molar-refractivity contribution in [1.82, 2.24) is 4.98 Å². The number of aryl methyl sites for hydroxylation is 2. The molecule has 1 aliphatic rings. The molecule has 0 radical (unpaired) electrons. The number of aromatic nitrogens is 1. The maximum Gasteiger partial charge on any atom is 0.338 e. The third kappa shape index (κ3) is 5.99. The molecule has 8 nitrogen and oxygen atoms in total. The molecule has 1 fully saturated rings. The minimum absolute atomic E-state index is 0.0603. The molecule has 1 atom stereocenters. The molecule has 5 rings (SSSR count). The van der Waals surface area contributed by atoms with E-state index in [9.17, 15) is 24.4 Å². The predicted octanol–water partition coefficient (Wildman–Crippen LogP) is 5.70. The first kappa shape index (κ1) is 28.5. The van der Waals surface area contributed by atoms with Gasteiger partial charge in [0.1, 0.15) is 11.1 Å². The highest BCUT2D eigenvalue weighted by Crippen LogP contribution is 2.36. The van der Waals surface area contributed by atoms with Gasteiger partial charge in [0.2, 0.25) is 11.8 Å². The Morgan fingerprint density at radius 1 is 0.976 bits per heavy atom. The van der Waals surface area contributed by atoms with Crippen molar-refractivity contribution in [3.8, 4) is 17.3 Å². The van der Waals surface area contributed by atoms with Crippen molar-refractivity contribution in [3.05, 3.63) is 113 Å². The van der Waals surface area contributed by atoms with Gasteiger partial charge >= 0.3 is 5.97 Å². The van der Waals surface area contributed by atoms with Crippen LogP contribution < -0.4 is 4.90 Å². The number of ketones is 1. The molecule has 2 heterocycles. The van der Waals surface area contributed by atoms with E-state index in [-0.39, 0.29) is 17.8 Å². The van der Waals surface area contributed by atoms with Crippen molar-refractivity contribution < 1.29 is 23.9 Å². The number of hydrogen-bond donors (Lipinski definition) is 0. The molecule has 0 bridgehead atoms. The lowest BCUT2D eigenvalue weighted by Crippen LogP contribution is -2.31. The molecule has 3 aromatic carbocycles. The van der Waals surface area contributed by atoms with Crippen molar-refractivity contribution in [3.63, 3.8) is 0 Å². The third-order valence-electron chi connectivity index (χ3n) is 6.77. The molecular formula is C33H25N3O5S. The second-order valence-corrected chi connectivity index (χ2v) is 11.0. The molecule has 2 amide bonds. The lowest BCUT2D eigenvalue weighted by molar-refractivity contribution is -0.121. The second kappa shape index (κ2) is 12.2. The second-order valence-electron chi connectivity index (χ2n) is 9.77. The summed E-state index contributed by atoms with van der Waals surface area (Å²) in [7, 11) is 0. The topological polar surface area (TPSA) is 117 Å². The summed E-state index contributed by atoms with van der Waals surface area (Å²) in [5.74, 6) is -1.86. The number of hydrogen-bond acceptors (Lipinski definition) is 8.